The number of hydrogen-bond donors (Lipinski definition) is 2. The Kier molecular flexibility index (Phi) is 2.51. The molecule has 0 aromatic rings. The van der Waals surface area contributed by atoms with Crippen molar-refractivity contribution in [3.05, 3.63) is 0 Å². The van der Waals surface area contributed by atoms with Gasteiger partial charge < -0.3 is 10.8 Å². The third-order valence-corrected chi connectivity index (χ3v) is 0.903. The second kappa shape index (κ2) is 2.72. The number of nitrogens with two attached hydrogens (primary N) is 1. The van der Waals surface area contributed by atoms with Crippen LogP contribution in [-0.2, 0) is 4.79 Å². The number of hydrogen-bond acceptors (Lipinski definition) is 2. The van der Waals surface area contributed by atoms with Crippen LogP contribution in [0.15, 0.2) is 0 Å². The molecule has 0 aromatic heterocycles. The van der Waals surface area contributed by atoms with Gasteiger partial charge in [0.2, 0.25) is 0 Å². The van der Waals surface area contributed by atoms with Gasteiger partial charge >= 0.3 is 5.97 Å². The molecule has 0 saturated heterocycles. The molecule has 0 saturated carbocycles. The first kappa shape index (κ1) is 8.29. The molecule has 0 spiro atoms. The molecule has 0 unspecified atom stereocenters. The van der Waals surface area contributed by atoms with E-state index < -0.39 is 24.9 Å². The molecule has 3 nitrogen and oxygen atoms in total. The van der Waals surface area contributed by atoms with Crippen molar-refractivity contribution < 1.29 is 18.7 Å². The Bertz CT molecular complexity index is 113. The fraction of sp³-hybridized carbons (Fsp3) is 0.750. The molecule has 0 radical (unpaired) electrons. The average molecular weight is 139 g/mol. The number of alkyl halides is 2. The van der Waals surface area contributed by atoms with Crippen molar-refractivity contribution >= 4 is 5.97 Å². The maximum absolute atomic E-state index is 11.5. The molecule has 9 heavy (non-hydrogen) atoms. The Hall–Kier alpha value is -0.710. The van der Waals surface area contributed by atoms with E-state index in [0.29, 0.717) is 0 Å². The SMILES string of the molecule is NC(CF)(CF)C(=O)O. The van der Waals surface area contributed by atoms with E-state index in [0.717, 1.165) is 0 Å². The molecule has 0 aliphatic heterocycles. The molecule has 0 atom stereocenters. The maximum Gasteiger partial charge on any atom is 0.329 e. The molecule has 0 aliphatic rings. The molecule has 0 aliphatic carbocycles. The van der Waals surface area contributed by atoms with Gasteiger partial charge in [-0.2, -0.15) is 0 Å². The monoisotopic (exact) mass is 139 g/mol. The van der Waals surface area contributed by atoms with E-state index in [1.165, 1.54) is 0 Å². The van der Waals surface area contributed by atoms with Crippen LogP contribution >= 0.6 is 0 Å². The van der Waals surface area contributed by atoms with Crippen LogP contribution in [0.25, 0.3) is 0 Å². The fourth-order valence-corrected chi connectivity index (χ4v) is 0.150. The molecule has 0 heterocycles. The molecular weight excluding hydrogens is 132 g/mol. The predicted molar refractivity (Wildman–Crippen MR) is 26.5 cm³/mol. The van der Waals surface area contributed by atoms with Gasteiger partial charge in [-0.1, -0.05) is 0 Å². The van der Waals surface area contributed by atoms with Gasteiger partial charge in [0, 0.05) is 0 Å². The van der Waals surface area contributed by atoms with Crippen LogP contribution < -0.4 is 5.73 Å². The maximum atomic E-state index is 11.5. The minimum atomic E-state index is -2.33. The van der Waals surface area contributed by atoms with E-state index in [4.69, 9.17) is 5.11 Å². The first-order chi connectivity index (χ1) is 4.06. The number of carboxylic acid groups (broad SMARTS) is 1. The molecule has 0 amide bonds. The van der Waals surface area contributed by atoms with Crippen LogP contribution in [0.4, 0.5) is 8.78 Å². The minimum Gasteiger partial charge on any atom is -0.480 e. The third-order valence-electron chi connectivity index (χ3n) is 0.903. The normalized spacial score (nSPS) is 11.4. The van der Waals surface area contributed by atoms with Crippen molar-refractivity contribution in [3.63, 3.8) is 0 Å². The number of carbonyl (C=O) groups is 1. The highest BCUT2D eigenvalue weighted by molar-refractivity contribution is 5.78. The highest BCUT2D eigenvalue weighted by atomic mass is 19.1. The summed E-state index contributed by atoms with van der Waals surface area (Å²) < 4.78 is 23.1. The second-order valence-corrected chi connectivity index (χ2v) is 1.73. The summed E-state index contributed by atoms with van der Waals surface area (Å²) >= 11 is 0. The summed E-state index contributed by atoms with van der Waals surface area (Å²) in [7, 11) is 0. The van der Waals surface area contributed by atoms with Crippen molar-refractivity contribution in [2.45, 2.75) is 5.54 Å². The van der Waals surface area contributed by atoms with Gasteiger partial charge in [-0.3, -0.25) is 4.79 Å². The van der Waals surface area contributed by atoms with Gasteiger partial charge in [-0.15, -0.1) is 0 Å². The first-order valence-electron chi connectivity index (χ1n) is 2.21. The van der Waals surface area contributed by atoms with Crippen LogP contribution in [0.1, 0.15) is 0 Å². The van der Waals surface area contributed by atoms with E-state index in [-0.39, 0.29) is 0 Å². The van der Waals surface area contributed by atoms with Crippen LogP contribution in [0.2, 0.25) is 0 Å². The summed E-state index contributed by atoms with van der Waals surface area (Å²) in [4.78, 5) is 9.88. The zero-order valence-electron chi connectivity index (χ0n) is 4.60. The Morgan fingerprint density at radius 2 is 1.89 bits per heavy atom. The lowest BCUT2D eigenvalue weighted by molar-refractivity contribution is -0.144. The van der Waals surface area contributed by atoms with Gasteiger partial charge in [0.05, 0.1) is 0 Å². The quantitative estimate of drug-likeness (QED) is 0.564. The third kappa shape index (κ3) is 1.60. The summed E-state index contributed by atoms with van der Waals surface area (Å²) in [6.45, 7) is -2.78. The van der Waals surface area contributed by atoms with E-state index in [1.54, 1.807) is 0 Å². The van der Waals surface area contributed by atoms with Gasteiger partial charge in [-0.25, -0.2) is 8.78 Å². The zero-order valence-corrected chi connectivity index (χ0v) is 4.60. The highest BCUT2D eigenvalue weighted by Gasteiger charge is 2.34. The van der Waals surface area contributed by atoms with Crippen LogP contribution in [-0.4, -0.2) is 30.0 Å². The number of carboxylic acids is 1. The van der Waals surface area contributed by atoms with E-state index >= 15 is 0 Å². The van der Waals surface area contributed by atoms with Crippen molar-refractivity contribution in [2.75, 3.05) is 13.3 Å². The lowest BCUT2D eigenvalue weighted by Crippen LogP contribution is -2.52. The molecule has 0 fully saturated rings. The highest BCUT2D eigenvalue weighted by Crippen LogP contribution is 2.01. The molecule has 3 N–H and O–H groups in total. The Morgan fingerprint density at radius 3 is 1.89 bits per heavy atom. The smallest absolute Gasteiger partial charge is 0.329 e. The molecule has 0 rings (SSSR count). The number of aliphatic carboxylic acids is 1. The van der Waals surface area contributed by atoms with E-state index in [9.17, 15) is 13.6 Å². The summed E-state index contributed by atoms with van der Waals surface area (Å²) in [5.41, 5.74) is 2.36. The fourth-order valence-electron chi connectivity index (χ4n) is 0.150. The second-order valence-electron chi connectivity index (χ2n) is 1.73. The number of rotatable bonds is 3. The summed E-state index contributed by atoms with van der Waals surface area (Å²) in [5, 5.41) is 8.03. The Labute approximate surface area is 50.5 Å². The van der Waals surface area contributed by atoms with Crippen molar-refractivity contribution in [2.24, 2.45) is 5.73 Å². The van der Waals surface area contributed by atoms with Crippen molar-refractivity contribution in [3.8, 4) is 0 Å². The van der Waals surface area contributed by atoms with E-state index in [1.807, 2.05) is 0 Å². The zero-order chi connectivity index (χ0) is 7.49. The molecule has 0 aromatic carbocycles. The van der Waals surface area contributed by atoms with Crippen LogP contribution in [0.3, 0.4) is 0 Å². The van der Waals surface area contributed by atoms with Crippen molar-refractivity contribution in [1.29, 1.82) is 0 Å². The van der Waals surface area contributed by atoms with E-state index in [2.05, 4.69) is 5.73 Å². The van der Waals surface area contributed by atoms with Gasteiger partial charge in [0.1, 0.15) is 13.3 Å². The van der Waals surface area contributed by atoms with Crippen molar-refractivity contribution in [1.82, 2.24) is 0 Å². The summed E-state index contributed by atoms with van der Waals surface area (Å²) in [5.74, 6) is -1.66. The molecule has 5 heteroatoms. The Balaban J connectivity index is 4.09. The lowest BCUT2D eigenvalue weighted by atomic mass is 10.1. The van der Waals surface area contributed by atoms with Gasteiger partial charge in [0.15, 0.2) is 5.54 Å². The first-order valence-corrected chi connectivity index (χ1v) is 2.21. The number of halogens is 2. The van der Waals surface area contributed by atoms with Crippen LogP contribution in [0, 0.1) is 0 Å². The standard InChI is InChI=1S/C4H7F2NO2/c5-1-4(7,2-6)3(8)9/h1-2,7H2,(H,8,9). The van der Waals surface area contributed by atoms with Gasteiger partial charge in [0.25, 0.3) is 0 Å². The lowest BCUT2D eigenvalue weighted by Gasteiger charge is -2.14. The van der Waals surface area contributed by atoms with Crippen LogP contribution in [0.5, 0.6) is 0 Å². The Morgan fingerprint density at radius 1 is 1.56 bits per heavy atom. The summed E-state index contributed by atoms with van der Waals surface area (Å²) in [6, 6.07) is 0. The average Bonchev–Trinajstić information content (AvgIpc) is 1.86. The predicted octanol–water partition coefficient (Wildman–Crippen LogP) is -0.293. The molecule has 54 valence electrons. The largest absolute Gasteiger partial charge is 0.480 e. The summed E-state index contributed by atoms with van der Waals surface area (Å²) in [6.07, 6.45) is 0. The molecular formula is C4H7F2NO2. The molecule has 0 bridgehead atoms. The topological polar surface area (TPSA) is 63.3 Å². The minimum absolute atomic E-state index is 1.39. The van der Waals surface area contributed by atoms with Gasteiger partial charge in [-0.05, 0) is 0 Å².